The Bertz CT molecular complexity index is 340. The molecule has 4 heteroatoms. The maximum atomic E-state index is 5.85. The van der Waals surface area contributed by atoms with Gasteiger partial charge in [-0.1, -0.05) is 12.1 Å². The van der Waals surface area contributed by atoms with E-state index in [9.17, 15) is 0 Å². The molecule has 0 amide bonds. The molecule has 0 aliphatic carbocycles. The van der Waals surface area contributed by atoms with Crippen LogP contribution in [0, 0.1) is 0 Å². The first kappa shape index (κ1) is 12.7. The number of nitrogens with zero attached hydrogens (tertiary/aromatic N) is 1. The van der Waals surface area contributed by atoms with Crippen molar-refractivity contribution in [1.82, 2.24) is 10.2 Å². The Morgan fingerprint density at radius 1 is 1.29 bits per heavy atom. The summed E-state index contributed by atoms with van der Waals surface area (Å²) in [7, 11) is 0. The van der Waals surface area contributed by atoms with Gasteiger partial charge in [0, 0.05) is 37.6 Å². The molecule has 1 N–H and O–H groups in total. The summed E-state index contributed by atoms with van der Waals surface area (Å²) in [6, 6.07) is 8.23. The topological polar surface area (TPSA) is 24.5 Å². The van der Waals surface area contributed by atoms with Crippen molar-refractivity contribution in [3.8, 4) is 5.75 Å². The molecular weight excluding hydrogens is 232 g/mol. The van der Waals surface area contributed by atoms with Crippen LogP contribution in [0.4, 0.5) is 0 Å². The molecule has 0 bridgehead atoms. The van der Waals surface area contributed by atoms with Crippen LogP contribution in [-0.2, 0) is 0 Å². The first-order valence-corrected chi connectivity index (χ1v) is 7.31. The fraction of sp³-hybridized carbons (Fsp3) is 0.538. The van der Waals surface area contributed by atoms with Crippen molar-refractivity contribution >= 4 is 11.8 Å². The van der Waals surface area contributed by atoms with E-state index in [-0.39, 0.29) is 0 Å². The molecule has 1 heterocycles. The maximum Gasteiger partial charge on any atom is 0.132 e. The minimum atomic E-state index is 0.775. The molecule has 1 fully saturated rings. The standard InChI is InChI=1S/C13H20N2OS/c1-17-13-5-3-2-4-12(13)16-11-10-15-8-6-14-7-9-15/h2-5,14H,6-11H2,1H3. The van der Waals surface area contributed by atoms with Crippen LogP contribution in [0.15, 0.2) is 29.2 Å². The fourth-order valence-electron chi connectivity index (χ4n) is 1.96. The molecule has 0 atom stereocenters. The molecule has 0 saturated carbocycles. The predicted molar refractivity (Wildman–Crippen MR) is 73.0 cm³/mol. The van der Waals surface area contributed by atoms with Gasteiger partial charge < -0.3 is 10.1 Å². The van der Waals surface area contributed by atoms with Crippen molar-refractivity contribution in [2.75, 3.05) is 45.6 Å². The molecule has 2 rings (SSSR count). The highest BCUT2D eigenvalue weighted by molar-refractivity contribution is 7.98. The second-order valence-corrected chi connectivity index (χ2v) is 4.94. The third-order valence-corrected chi connectivity index (χ3v) is 3.72. The number of nitrogens with one attached hydrogen (secondary N) is 1. The SMILES string of the molecule is CSc1ccccc1OCCN1CCNCC1. The van der Waals surface area contributed by atoms with Gasteiger partial charge in [-0.15, -0.1) is 11.8 Å². The normalized spacial score (nSPS) is 17.0. The summed E-state index contributed by atoms with van der Waals surface area (Å²) in [5.74, 6) is 1.01. The second-order valence-electron chi connectivity index (χ2n) is 4.09. The molecule has 0 spiro atoms. The lowest BCUT2D eigenvalue weighted by atomic mass is 10.3. The van der Waals surface area contributed by atoms with Gasteiger partial charge in [-0.3, -0.25) is 4.90 Å². The molecular formula is C13H20N2OS. The van der Waals surface area contributed by atoms with E-state index in [0.29, 0.717) is 0 Å². The summed E-state index contributed by atoms with van der Waals surface area (Å²) in [4.78, 5) is 3.66. The van der Waals surface area contributed by atoms with Crippen molar-refractivity contribution in [3.05, 3.63) is 24.3 Å². The smallest absolute Gasteiger partial charge is 0.132 e. The van der Waals surface area contributed by atoms with Gasteiger partial charge in [0.1, 0.15) is 12.4 Å². The molecule has 1 aliphatic rings. The van der Waals surface area contributed by atoms with Crippen LogP contribution in [-0.4, -0.2) is 50.5 Å². The average molecular weight is 252 g/mol. The Kier molecular flexibility index (Phi) is 5.16. The van der Waals surface area contributed by atoms with E-state index in [2.05, 4.69) is 28.6 Å². The quantitative estimate of drug-likeness (QED) is 0.806. The molecule has 1 saturated heterocycles. The molecule has 1 aromatic rings. The van der Waals surface area contributed by atoms with Crippen molar-refractivity contribution in [3.63, 3.8) is 0 Å². The molecule has 94 valence electrons. The molecule has 17 heavy (non-hydrogen) atoms. The minimum Gasteiger partial charge on any atom is -0.491 e. The summed E-state index contributed by atoms with van der Waals surface area (Å²) in [6.45, 7) is 6.26. The highest BCUT2D eigenvalue weighted by atomic mass is 32.2. The number of hydrogen-bond donors (Lipinski definition) is 1. The summed E-state index contributed by atoms with van der Waals surface area (Å²) >= 11 is 1.73. The number of ether oxygens (including phenoxy) is 1. The number of hydrogen-bond acceptors (Lipinski definition) is 4. The Hall–Kier alpha value is -0.710. The molecule has 0 aromatic heterocycles. The van der Waals surface area contributed by atoms with Gasteiger partial charge in [0.25, 0.3) is 0 Å². The van der Waals surface area contributed by atoms with Crippen molar-refractivity contribution in [2.24, 2.45) is 0 Å². The Morgan fingerprint density at radius 2 is 2.06 bits per heavy atom. The zero-order chi connectivity index (χ0) is 11.9. The van der Waals surface area contributed by atoms with Crippen LogP contribution in [0.3, 0.4) is 0 Å². The first-order valence-electron chi connectivity index (χ1n) is 6.09. The van der Waals surface area contributed by atoms with E-state index < -0.39 is 0 Å². The lowest BCUT2D eigenvalue weighted by Gasteiger charge is -2.27. The molecule has 0 unspecified atom stereocenters. The lowest BCUT2D eigenvalue weighted by Crippen LogP contribution is -2.44. The molecule has 3 nitrogen and oxygen atoms in total. The predicted octanol–water partition coefficient (Wildman–Crippen LogP) is 1.69. The highest BCUT2D eigenvalue weighted by Crippen LogP contribution is 2.26. The minimum absolute atomic E-state index is 0.775. The number of benzene rings is 1. The van der Waals surface area contributed by atoms with Crippen LogP contribution in [0.5, 0.6) is 5.75 Å². The van der Waals surface area contributed by atoms with Crippen LogP contribution in [0.1, 0.15) is 0 Å². The third-order valence-electron chi connectivity index (χ3n) is 2.94. The summed E-state index contributed by atoms with van der Waals surface area (Å²) in [6.07, 6.45) is 2.08. The van der Waals surface area contributed by atoms with Gasteiger partial charge in [-0.25, -0.2) is 0 Å². The molecule has 1 aromatic carbocycles. The average Bonchev–Trinajstić information content (AvgIpc) is 2.40. The van der Waals surface area contributed by atoms with Crippen LogP contribution in [0.2, 0.25) is 0 Å². The van der Waals surface area contributed by atoms with Gasteiger partial charge in [-0.05, 0) is 18.4 Å². The van der Waals surface area contributed by atoms with Crippen molar-refractivity contribution in [2.45, 2.75) is 4.90 Å². The van der Waals surface area contributed by atoms with Crippen LogP contribution < -0.4 is 10.1 Å². The maximum absolute atomic E-state index is 5.85. The molecule has 0 radical (unpaired) electrons. The van der Waals surface area contributed by atoms with Gasteiger partial charge in [0.05, 0.1) is 0 Å². The van der Waals surface area contributed by atoms with E-state index in [4.69, 9.17) is 4.74 Å². The number of para-hydroxylation sites is 1. The van der Waals surface area contributed by atoms with E-state index in [1.807, 2.05) is 12.1 Å². The Balaban J connectivity index is 1.77. The van der Waals surface area contributed by atoms with Crippen molar-refractivity contribution < 1.29 is 4.74 Å². The zero-order valence-corrected chi connectivity index (χ0v) is 11.1. The van der Waals surface area contributed by atoms with E-state index in [1.165, 1.54) is 4.90 Å². The summed E-state index contributed by atoms with van der Waals surface area (Å²) in [5, 5.41) is 3.36. The first-order chi connectivity index (χ1) is 8.40. The Morgan fingerprint density at radius 3 is 2.82 bits per heavy atom. The number of rotatable bonds is 5. The van der Waals surface area contributed by atoms with E-state index in [0.717, 1.165) is 45.1 Å². The number of thioether (sulfide) groups is 1. The third kappa shape index (κ3) is 3.91. The lowest BCUT2D eigenvalue weighted by molar-refractivity contribution is 0.189. The van der Waals surface area contributed by atoms with Crippen LogP contribution >= 0.6 is 11.8 Å². The largest absolute Gasteiger partial charge is 0.491 e. The van der Waals surface area contributed by atoms with Crippen molar-refractivity contribution in [1.29, 1.82) is 0 Å². The second kappa shape index (κ2) is 6.89. The van der Waals surface area contributed by atoms with Crippen LogP contribution in [0.25, 0.3) is 0 Å². The summed E-state index contributed by atoms with van der Waals surface area (Å²) in [5.41, 5.74) is 0. The monoisotopic (exact) mass is 252 g/mol. The van der Waals surface area contributed by atoms with Gasteiger partial charge in [0.15, 0.2) is 0 Å². The highest BCUT2D eigenvalue weighted by Gasteiger charge is 2.09. The van der Waals surface area contributed by atoms with Gasteiger partial charge in [-0.2, -0.15) is 0 Å². The van der Waals surface area contributed by atoms with Gasteiger partial charge in [0.2, 0.25) is 0 Å². The summed E-state index contributed by atoms with van der Waals surface area (Å²) < 4.78 is 5.85. The zero-order valence-electron chi connectivity index (χ0n) is 10.3. The van der Waals surface area contributed by atoms with E-state index >= 15 is 0 Å². The molecule has 1 aliphatic heterocycles. The number of piperazine rings is 1. The van der Waals surface area contributed by atoms with Gasteiger partial charge >= 0.3 is 0 Å². The Labute approximate surface area is 108 Å². The fourth-order valence-corrected chi connectivity index (χ4v) is 2.50. The van der Waals surface area contributed by atoms with E-state index in [1.54, 1.807) is 11.8 Å².